The zero-order chi connectivity index (χ0) is 20.9. The Morgan fingerprint density at radius 2 is 2.27 bits per heavy atom. The van der Waals surface area contributed by atoms with E-state index in [4.69, 9.17) is 11.6 Å². The number of benzene rings is 1. The van der Waals surface area contributed by atoms with Crippen molar-refractivity contribution in [1.29, 1.82) is 0 Å². The van der Waals surface area contributed by atoms with Gasteiger partial charge in [-0.2, -0.15) is 10.2 Å². The number of aromatic nitrogens is 5. The van der Waals surface area contributed by atoms with E-state index in [1.807, 2.05) is 24.1 Å². The third-order valence-electron chi connectivity index (χ3n) is 5.06. The Labute approximate surface area is 179 Å². The number of rotatable bonds is 7. The first-order chi connectivity index (χ1) is 14.6. The molecule has 0 bridgehead atoms. The van der Waals surface area contributed by atoms with E-state index < -0.39 is 0 Å². The smallest absolute Gasteiger partial charge is 0.238 e. The van der Waals surface area contributed by atoms with E-state index in [2.05, 4.69) is 30.5 Å². The largest absolute Gasteiger partial charge is 0.351 e. The first-order valence-corrected chi connectivity index (χ1v) is 10.2. The molecule has 1 unspecified atom stereocenters. The summed E-state index contributed by atoms with van der Waals surface area (Å²) in [6, 6.07) is 9.43. The van der Waals surface area contributed by atoms with E-state index in [9.17, 15) is 4.79 Å². The van der Waals surface area contributed by atoms with E-state index in [1.54, 1.807) is 35.4 Å². The number of nitrogens with one attached hydrogen (secondary N) is 1. The highest BCUT2D eigenvalue weighted by molar-refractivity contribution is 6.31. The second-order valence-corrected chi connectivity index (χ2v) is 7.75. The van der Waals surface area contributed by atoms with Crippen LogP contribution in [0, 0.1) is 0 Å². The van der Waals surface area contributed by atoms with Gasteiger partial charge < -0.3 is 10.2 Å². The summed E-state index contributed by atoms with van der Waals surface area (Å²) in [5, 5.41) is 15.8. The van der Waals surface area contributed by atoms with Gasteiger partial charge in [-0.05, 0) is 50.2 Å². The molecule has 1 N–H and O–H groups in total. The number of amides is 1. The fourth-order valence-electron chi connectivity index (χ4n) is 3.77. The van der Waals surface area contributed by atoms with Crippen LogP contribution in [0.5, 0.6) is 0 Å². The fraction of sp³-hybridized carbons (Fsp3) is 0.350. The second-order valence-electron chi connectivity index (χ2n) is 7.32. The maximum atomic E-state index is 12.7. The molecule has 9 nitrogen and oxygen atoms in total. The summed E-state index contributed by atoms with van der Waals surface area (Å²) in [4.78, 5) is 21.0. The van der Waals surface area contributed by atoms with Crippen molar-refractivity contribution in [3.63, 3.8) is 0 Å². The molecule has 0 spiro atoms. The third-order valence-corrected chi connectivity index (χ3v) is 5.30. The standard InChI is InChI=1S/C20H23ClN8O/c1-27(11-16-4-3-9-28(16)19-5-2-8-23-26-19)12-20(30)25-17-10-15(21)6-7-18(17)29-14-22-13-24-29/h2,5-8,10,13-14,16H,3-4,9,11-12H2,1H3,(H,25,30). The SMILES string of the molecule is CN(CC(=O)Nc1cc(Cl)ccc1-n1cncn1)CC1CCCN1c1cccnn1. The summed E-state index contributed by atoms with van der Waals surface area (Å²) in [7, 11) is 1.95. The molecule has 1 amide bonds. The molecular weight excluding hydrogens is 404 g/mol. The van der Waals surface area contributed by atoms with Crippen LogP contribution < -0.4 is 10.2 Å². The van der Waals surface area contributed by atoms with Gasteiger partial charge >= 0.3 is 0 Å². The first kappa shape index (κ1) is 20.2. The summed E-state index contributed by atoms with van der Waals surface area (Å²) in [5.41, 5.74) is 1.30. The Balaban J connectivity index is 1.38. The molecule has 4 rings (SSSR count). The number of nitrogens with zero attached hydrogens (tertiary/aromatic N) is 7. The number of likely N-dealkylation sites (N-methyl/N-ethyl adjacent to an activating group) is 1. The second kappa shape index (κ2) is 9.19. The minimum Gasteiger partial charge on any atom is -0.351 e. The minimum atomic E-state index is -0.120. The number of carbonyl (C=O) groups is 1. The molecule has 1 aromatic carbocycles. The van der Waals surface area contributed by atoms with Gasteiger partial charge in [0.15, 0.2) is 5.82 Å². The Morgan fingerprint density at radius 3 is 3.03 bits per heavy atom. The molecular formula is C20H23ClN8O. The van der Waals surface area contributed by atoms with Gasteiger partial charge in [-0.1, -0.05) is 11.6 Å². The van der Waals surface area contributed by atoms with Crippen LogP contribution in [0.4, 0.5) is 11.5 Å². The van der Waals surface area contributed by atoms with Gasteiger partial charge in [0, 0.05) is 30.4 Å². The molecule has 0 aliphatic carbocycles. The zero-order valence-corrected chi connectivity index (χ0v) is 17.4. The predicted octanol–water partition coefficient (Wildman–Crippen LogP) is 2.25. The Morgan fingerprint density at radius 1 is 1.37 bits per heavy atom. The highest BCUT2D eigenvalue weighted by atomic mass is 35.5. The summed E-state index contributed by atoms with van der Waals surface area (Å²) < 4.78 is 1.59. The Bertz CT molecular complexity index is 982. The molecule has 3 aromatic rings. The number of halogens is 1. The lowest BCUT2D eigenvalue weighted by Crippen LogP contribution is -2.42. The van der Waals surface area contributed by atoms with Gasteiger partial charge in [-0.3, -0.25) is 9.69 Å². The maximum absolute atomic E-state index is 12.7. The molecule has 1 aliphatic rings. The molecule has 3 heterocycles. The van der Waals surface area contributed by atoms with Crippen LogP contribution in [0.3, 0.4) is 0 Å². The number of hydrogen-bond donors (Lipinski definition) is 1. The van der Waals surface area contributed by atoms with E-state index in [0.29, 0.717) is 22.4 Å². The number of hydrogen-bond acceptors (Lipinski definition) is 7. The normalized spacial score (nSPS) is 16.2. The fourth-order valence-corrected chi connectivity index (χ4v) is 3.95. The summed E-state index contributed by atoms with van der Waals surface area (Å²) in [6.07, 6.45) is 6.86. The molecule has 0 radical (unpaired) electrons. The minimum absolute atomic E-state index is 0.120. The zero-order valence-electron chi connectivity index (χ0n) is 16.6. The van der Waals surface area contributed by atoms with Crippen LogP contribution in [-0.2, 0) is 4.79 Å². The molecule has 30 heavy (non-hydrogen) atoms. The van der Waals surface area contributed by atoms with Crippen molar-refractivity contribution in [2.75, 3.05) is 36.9 Å². The molecule has 1 aliphatic heterocycles. The number of anilines is 2. The van der Waals surface area contributed by atoms with E-state index in [-0.39, 0.29) is 12.5 Å². The van der Waals surface area contributed by atoms with Crippen molar-refractivity contribution in [2.24, 2.45) is 0 Å². The predicted molar refractivity (Wildman–Crippen MR) is 115 cm³/mol. The van der Waals surface area contributed by atoms with Gasteiger partial charge in [0.2, 0.25) is 5.91 Å². The van der Waals surface area contributed by atoms with Crippen molar-refractivity contribution in [3.8, 4) is 5.69 Å². The lowest BCUT2D eigenvalue weighted by molar-refractivity contribution is -0.117. The summed E-state index contributed by atoms with van der Waals surface area (Å²) in [5.74, 6) is 0.763. The van der Waals surface area contributed by atoms with E-state index in [1.165, 1.54) is 6.33 Å². The lowest BCUT2D eigenvalue weighted by atomic mass is 10.2. The number of carbonyl (C=O) groups excluding carboxylic acids is 1. The highest BCUT2D eigenvalue weighted by Gasteiger charge is 2.27. The van der Waals surface area contributed by atoms with E-state index in [0.717, 1.165) is 31.7 Å². The molecule has 1 atom stereocenters. The van der Waals surface area contributed by atoms with Gasteiger partial charge in [0.05, 0.1) is 17.9 Å². The van der Waals surface area contributed by atoms with Crippen LogP contribution in [0.15, 0.2) is 49.2 Å². The molecule has 156 valence electrons. The van der Waals surface area contributed by atoms with Gasteiger partial charge in [-0.25, -0.2) is 9.67 Å². The average molecular weight is 427 g/mol. The first-order valence-electron chi connectivity index (χ1n) is 9.77. The van der Waals surface area contributed by atoms with Crippen molar-refractivity contribution in [3.05, 3.63) is 54.2 Å². The Kier molecular flexibility index (Phi) is 6.20. The van der Waals surface area contributed by atoms with Gasteiger partial charge in [0.1, 0.15) is 12.7 Å². The topological polar surface area (TPSA) is 92.1 Å². The summed E-state index contributed by atoms with van der Waals surface area (Å²) >= 11 is 6.13. The maximum Gasteiger partial charge on any atom is 0.238 e. The molecule has 2 aromatic heterocycles. The molecule has 1 saturated heterocycles. The van der Waals surface area contributed by atoms with Crippen molar-refractivity contribution in [2.45, 2.75) is 18.9 Å². The third kappa shape index (κ3) is 4.74. The van der Waals surface area contributed by atoms with Gasteiger partial charge in [0.25, 0.3) is 0 Å². The Hall–Kier alpha value is -3.04. The van der Waals surface area contributed by atoms with Crippen LogP contribution in [-0.4, -0.2) is 68.5 Å². The van der Waals surface area contributed by atoms with Crippen molar-refractivity contribution in [1.82, 2.24) is 29.9 Å². The van der Waals surface area contributed by atoms with E-state index >= 15 is 0 Å². The van der Waals surface area contributed by atoms with Crippen molar-refractivity contribution >= 4 is 29.0 Å². The van der Waals surface area contributed by atoms with Crippen LogP contribution in [0.25, 0.3) is 5.69 Å². The highest BCUT2D eigenvalue weighted by Crippen LogP contribution is 2.25. The van der Waals surface area contributed by atoms with Crippen LogP contribution in [0.2, 0.25) is 5.02 Å². The van der Waals surface area contributed by atoms with Crippen LogP contribution >= 0.6 is 11.6 Å². The van der Waals surface area contributed by atoms with Gasteiger partial charge in [-0.15, -0.1) is 5.10 Å². The molecule has 0 saturated carbocycles. The van der Waals surface area contributed by atoms with Crippen molar-refractivity contribution < 1.29 is 4.79 Å². The molecule has 10 heteroatoms. The monoisotopic (exact) mass is 426 g/mol. The quantitative estimate of drug-likeness (QED) is 0.619. The summed E-state index contributed by atoms with van der Waals surface area (Å²) in [6.45, 7) is 1.97. The average Bonchev–Trinajstić information content (AvgIpc) is 3.41. The van der Waals surface area contributed by atoms with Crippen LogP contribution in [0.1, 0.15) is 12.8 Å². The molecule has 1 fully saturated rings. The lowest BCUT2D eigenvalue weighted by Gasteiger charge is -2.29.